The molecule has 2 aromatic rings. The molecule has 12 heteroatoms. The third-order valence-electron chi connectivity index (χ3n) is 6.98. The van der Waals surface area contributed by atoms with Crippen molar-refractivity contribution in [2.45, 2.75) is 51.7 Å². The number of nitrogens with one attached hydrogen (secondary N) is 1. The summed E-state index contributed by atoms with van der Waals surface area (Å²) < 4.78 is 1.53. The molecule has 0 spiro atoms. The van der Waals surface area contributed by atoms with E-state index in [0.29, 0.717) is 37.9 Å². The number of hydrogen-bond acceptors (Lipinski definition) is 7. The number of rotatable bonds is 5. The first kappa shape index (κ1) is 29.6. The highest BCUT2D eigenvalue weighted by Gasteiger charge is 2.31. The van der Waals surface area contributed by atoms with Crippen LogP contribution in [0.1, 0.15) is 37.9 Å². The summed E-state index contributed by atoms with van der Waals surface area (Å²) in [5.74, 6) is 0.0583. The first-order valence-electron chi connectivity index (χ1n) is 12.8. The van der Waals surface area contributed by atoms with Crippen LogP contribution in [0.2, 0.25) is 0 Å². The number of nitrogens with zero attached hydrogens (tertiary/aromatic N) is 5. The molecule has 0 saturated carbocycles. The van der Waals surface area contributed by atoms with E-state index in [0.717, 1.165) is 38.2 Å². The number of carbonyl (C=O) groups excluding carboxylic acids is 2. The van der Waals surface area contributed by atoms with E-state index < -0.39 is 11.2 Å². The van der Waals surface area contributed by atoms with Gasteiger partial charge in [0.15, 0.2) is 0 Å². The monoisotopic (exact) mass is 546 g/mol. The van der Waals surface area contributed by atoms with E-state index in [4.69, 9.17) is 11.5 Å². The van der Waals surface area contributed by atoms with Crippen LogP contribution in [-0.2, 0) is 11.3 Å². The van der Waals surface area contributed by atoms with E-state index >= 15 is 0 Å². The van der Waals surface area contributed by atoms with Crippen molar-refractivity contribution in [3.8, 4) is 5.69 Å². The number of aromatic nitrogens is 2. The van der Waals surface area contributed by atoms with Gasteiger partial charge in [-0.3, -0.25) is 19.6 Å². The summed E-state index contributed by atoms with van der Waals surface area (Å²) in [6.45, 7) is 9.57. The number of halogens is 1. The molecule has 1 aromatic heterocycles. The van der Waals surface area contributed by atoms with Crippen molar-refractivity contribution in [2.75, 3.05) is 44.6 Å². The number of aryl methyl sites for hydroxylation is 1. The highest BCUT2D eigenvalue weighted by Crippen LogP contribution is 2.17. The van der Waals surface area contributed by atoms with Crippen LogP contribution in [0.15, 0.2) is 35.1 Å². The summed E-state index contributed by atoms with van der Waals surface area (Å²) in [7, 11) is 0. The Labute approximate surface area is 229 Å². The predicted molar refractivity (Wildman–Crippen MR) is 150 cm³/mol. The fourth-order valence-corrected chi connectivity index (χ4v) is 4.81. The number of piperazine rings is 1. The highest BCUT2D eigenvalue weighted by atomic mass is 35.5. The van der Waals surface area contributed by atoms with Crippen molar-refractivity contribution < 1.29 is 9.59 Å². The summed E-state index contributed by atoms with van der Waals surface area (Å²) in [5, 5.41) is 2.72. The Hall–Kier alpha value is -2.99. The molecule has 0 atom stereocenters. The van der Waals surface area contributed by atoms with Gasteiger partial charge in [0.2, 0.25) is 5.91 Å². The molecule has 0 unspecified atom stereocenters. The number of likely N-dealkylation sites (tertiary alicyclic amines) is 1. The Kier molecular flexibility index (Phi) is 9.53. The maximum Gasteiger partial charge on any atom is 0.354 e. The zero-order valence-electron chi connectivity index (χ0n) is 22.4. The van der Waals surface area contributed by atoms with Crippen LogP contribution in [-0.4, -0.2) is 87.0 Å². The normalized spacial score (nSPS) is 17.2. The number of anilines is 1. The van der Waals surface area contributed by atoms with Gasteiger partial charge in [-0.2, -0.15) is 4.98 Å². The van der Waals surface area contributed by atoms with Crippen LogP contribution >= 0.6 is 12.4 Å². The molecule has 38 heavy (non-hydrogen) atoms. The quantitative estimate of drug-likeness (QED) is 0.513. The van der Waals surface area contributed by atoms with Gasteiger partial charge in [0.05, 0.1) is 11.2 Å². The number of carbonyl (C=O) groups is 2. The lowest BCUT2D eigenvalue weighted by atomic mass is 10.1. The average molecular weight is 547 g/mol. The number of hydrogen-bond donors (Lipinski definition) is 3. The molecular formula is C26H39ClN8O3. The fraction of sp³-hybridized carbons (Fsp3) is 0.538. The lowest BCUT2D eigenvalue weighted by Gasteiger charge is -2.37. The molecule has 11 nitrogen and oxygen atoms in total. The van der Waals surface area contributed by atoms with Gasteiger partial charge in [0, 0.05) is 50.5 Å². The van der Waals surface area contributed by atoms with E-state index in [9.17, 15) is 14.4 Å². The van der Waals surface area contributed by atoms with E-state index in [1.54, 1.807) is 29.7 Å². The van der Waals surface area contributed by atoms with Gasteiger partial charge >= 0.3 is 11.7 Å². The Morgan fingerprint density at radius 1 is 1.03 bits per heavy atom. The zero-order valence-corrected chi connectivity index (χ0v) is 23.2. The SMILES string of the molecule is Cc1cc(NC(=O)N2CCN(C(=O)C(C)(C)N)CC2)nc(=O)n1-c1ccc(CN2CCC(N)CC2)cc1.Cl. The van der Waals surface area contributed by atoms with Crippen LogP contribution in [0.25, 0.3) is 5.69 Å². The third-order valence-corrected chi connectivity index (χ3v) is 6.98. The predicted octanol–water partition coefficient (Wildman–Crippen LogP) is 1.30. The molecule has 1 aromatic carbocycles. The molecule has 4 rings (SSSR count). The second kappa shape index (κ2) is 12.2. The lowest BCUT2D eigenvalue weighted by molar-refractivity contribution is -0.137. The Morgan fingerprint density at radius 3 is 2.16 bits per heavy atom. The van der Waals surface area contributed by atoms with Crippen LogP contribution in [0.5, 0.6) is 0 Å². The molecule has 0 aliphatic carbocycles. The minimum absolute atomic E-state index is 0. The molecule has 208 valence electrons. The molecule has 5 N–H and O–H groups in total. The van der Waals surface area contributed by atoms with Gasteiger partial charge < -0.3 is 21.3 Å². The topological polar surface area (TPSA) is 143 Å². The maximum atomic E-state index is 12.9. The van der Waals surface area contributed by atoms with Crippen LogP contribution < -0.4 is 22.5 Å². The second-order valence-corrected chi connectivity index (χ2v) is 10.6. The number of nitrogens with two attached hydrogens (primary N) is 2. The van der Waals surface area contributed by atoms with Crippen molar-refractivity contribution in [2.24, 2.45) is 11.5 Å². The van der Waals surface area contributed by atoms with E-state index in [2.05, 4.69) is 15.2 Å². The van der Waals surface area contributed by atoms with Crippen molar-refractivity contribution in [3.63, 3.8) is 0 Å². The first-order valence-corrected chi connectivity index (χ1v) is 12.8. The van der Waals surface area contributed by atoms with Crippen molar-refractivity contribution in [1.29, 1.82) is 0 Å². The second-order valence-electron chi connectivity index (χ2n) is 10.6. The van der Waals surface area contributed by atoms with Crippen molar-refractivity contribution in [1.82, 2.24) is 24.3 Å². The van der Waals surface area contributed by atoms with Crippen LogP contribution in [0.4, 0.5) is 10.6 Å². The maximum absolute atomic E-state index is 12.9. The molecule has 2 fully saturated rings. The highest BCUT2D eigenvalue weighted by molar-refractivity contribution is 5.89. The first-order chi connectivity index (χ1) is 17.5. The smallest absolute Gasteiger partial charge is 0.338 e. The van der Waals surface area contributed by atoms with Gasteiger partial charge in [0.25, 0.3) is 0 Å². The molecular weight excluding hydrogens is 508 g/mol. The zero-order chi connectivity index (χ0) is 26.7. The van der Waals surface area contributed by atoms with Gasteiger partial charge in [-0.15, -0.1) is 12.4 Å². The summed E-state index contributed by atoms with van der Waals surface area (Å²) >= 11 is 0. The molecule has 3 heterocycles. The van der Waals surface area contributed by atoms with Gasteiger partial charge in [-0.1, -0.05) is 12.1 Å². The largest absolute Gasteiger partial charge is 0.354 e. The minimum Gasteiger partial charge on any atom is -0.338 e. The molecule has 0 radical (unpaired) electrons. The van der Waals surface area contributed by atoms with Crippen LogP contribution in [0.3, 0.4) is 0 Å². The number of amides is 3. The van der Waals surface area contributed by atoms with Crippen LogP contribution in [0, 0.1) is 6.92 Å². The number of urea groups is 1. The molecule has 2 saturated heterocycles. The van der Waals surface area contributed by atoms with Gasteiger partial charge in [-0.05, 0) is 64.4 Å². The van der Waals surface area contributed by atoms with Crippen molar-refractivity contribution >= 4 is 30.2 Å². The molecule has 2 aliphatic heterocycles. The summed E-state index contributed by atoms with van der Waals surface area (Å²) in [4.78, 5) is 47.8. The average Bonchev–Trinajstić information content (AvgIpc) is 2.85. The summed E-state index contributed by atoms with van der Waals surface area (Å²) in [6, 6.07) is 9.53. The van der Waals surface area contributed by atoms with Crippen molar-refractivity contribution in [3.05, 3.63) is 52.1 Å². The Bertz CT molecular complexity index is 1180. The Balaban J connectivity index is 0.00000400. The van der Waals surface area contributed by atoms with Gasteiger partial charge in [0.1, 0.15) is 5.82 Å². The standard InChI is InChI=1S/C26H38N8O3.ClH/c1-18-16-22(29-24(36)33-14-12-32(13-15-33)23(35)26(2,3)28)30-25(37)34(18)21-6-4-19(5-7-21)17-31-10-8-20(27)9-11-31;/h4-7,16,20H,8-15,17,27-28H2,1-3H3,(H,29,30,36,37);1H. The summed E-state index contributed by atoms with van der Waals surface area (Å²) in [6.07, 6.45) is 2.04. The minimum atomic E-state index is -0.946. The molecule has 3 amide bonds. The Morgan fingerprint density at radius 2 is 1.61 bits per heavy atom. The van der Waals surface area contributed by atoms with E-state index in [1.165, 1.54) is 10.1 Å². The third kappa shape index (κ3) is 7.10. The number of piperidine rings is 1. The van der Waals surface area contributed by atoms with Gasteiger partial charge in [-0.25, -0.2) is 9.59 Å². The fourth-order valence-electron chi connectivity index (χ4n) is 4.81. The lowest BCUT2D eigenvalue weighted by Crippen LogP contribution is -2.58. The summed E-state index contributed by atoms with van der Waals surface area (Å²) in [5.41, 5.74) is 13.1. The number of benzene rings is 1. The van der Waals surface area contributed by atoms with E-state index in [1.807, 2.05) is 31.2 Å². The molecule has 0 bridgehead atoms. The van der Waals surface area contributed by atoms with E-state index in [-0.39, 0.29) is 30.2 Å². The molecule has 2 aliphatic rings.